The number of hydrogen-bond acceptors (Lipinski definition) is 3. The van der Waals surface area contributed by atoms with Crippen molar-refractivity contribution >= 4 is 5.91 Å². The van der Waals surface area contributed by atoms with Crippen molar-refractivity contribution in [2.75, 3.05) is 33.2 Å². The van der Waals surface area contributed by atoms with Gasteiger partial charge >= 0.3 is 0 Å². The Labute approximate surface area is 118 Å². The van der Waals surface area contributed by atoms with Gasteiger partial charge in [-0.2, -0.15) is 0 Å². The van der Waals surface area contributed by atoms with E-state index in [-0.39, 0.29) is 5.91 Å². The van der Waals surface area contributed by atoms with Crippen LogP contribution < -0.4 is 0 Å². The second-order valence-corrected chi connectivity index (χ2v) is 5.12. The molecule has 104 valence electrons. The summed E-state index contributed by atoms with van der Waals surface area (Å²) in [4.78, 5) is 16.7. The number of amides is 1. The fourth-order valence-electron chi connectivity index (χ4n) is 2.47. The molecule has 0 saturated carbocycles. The SMILES string of the molecule is CN1CCN(C(=O)c2occc2-c2ccccc2)CC1. The van der Waals surface area contributed by atoms with Crippen molar-refractivity contribution in [2.24, 2.45) is 0 Å². The zero-order valence-corrected chi connectivity index (χ0v) is 11.6. The van der Waals surface area contributed by atoms with Crippen LogP contribution in [0, 0.1) is 0 Å². The van der Waals surface area contributed by atoms with E-state index in [1.807, 2.05) is 41.3 Å². The number of carbonyl (C=O) groups is 1. The van der Waals surface area contributed by atoms with E-state index in [0.717, 1.165) is 37.3 Å². The van der Waals surface area contributed by atoms with Crippen LogP contribution in [-0.4, -0.2) is 48.9 Å². The summed E-state index contributed by atoms with van der Waals surface area (Å²) in [7, 11) is 2.07. The third-order valence-electron chi connectivity index (χ3n) is 3.73. The quantitative estimate of drug-likeness (QED) is 0.840. The Bertz CT molecular complexity index is 584. The van der Waals surface area contributed by atoms with E-state index < -0.39 is 0 Å². The number of likely N-dealkylation sites (N-methyl/N-ethyl adjacent to an activating group) is 1. The van der Waals surface area contributed by atoms with E-state index in [1.165, 1.54) is 0 Å². The van der Waals surface area contributed by atoms with Crippen LogP contribution in [0.5, 0.6) is 0 Å². The third kappa shape index (κ3) is 2.47. The van der Waals surface area contributed by atoms with Gasteiger partial charge in [-0.05, 0) is 18.7 Å². The predicted molar refractivity (Wildman–Crippen MR) is 77.5 cm³/mol. The lowest BCUT2D eigenvalue weighted by molar-refractivity contribution is 0.0633. The lowest BCUT2D eigenvalue weighted by Crippen LogP contribution is -2.47. The molecule has 0 spiro atoms. The van der Waals surface area contributed by atoms with Gasteiger partial charge in [0.15, 0.2) is 5.76 Å². The van der Waals surface area contributed by atoms with Crippen molar-refractivity contribution < 1.29 is 9.21 Å². The largest absolute Gasteiger partial charge is 0.459 e. The van der Waals surface area contributed by atoms with Gasteiger partial charge in [-0.1, -0.05) is 30.3 Å². The molecule has 2 aromatic rings. The molecule has 1 amide bonds. The van der Waals surface area contributed by atoms with E-state index >= 15 is 0 Å². The molecule has 0 radical (unpaired) electrons. The van der Waals surface area contributed by atoms with Gasteiger partial charge in [0, 0.05) is 31.7 Å². The minimum atomic E-state index is -0.0121. The fourth-order valence-corrected chi connectivity index (χ4v) is 2.47. The monoisotopic (exact) mass is 270 g/mol. The number of rotatable bonds is 2. The van der Waals surface area contributed by atoms with Gasteiger partial charge in [0.25, 0.3) is 5.91 Å². The van der Waals surface area contributed by atoms with E-state index in [0.29, 0.717) is 5.76 Å². The van der Waals surface area contributed by atoms with Gasteiger partial charge in [-0.25, -0.2) is 0 Å². The molecule has 1 saturated heterocycles. The van der Waals surface area contributed by atoms with Crippen LogP contribution >= 0.6 is 0 Å². The molecular weight excluding hydrogens is 252 g/mol. The smallest absolute Gasteiger partial charge is 0.290 e. The Morgan fingerprint density at radius 2 is 1.75 bits per heavy atom. The third-order valence-corrected chi connectivity index (χ3v) is 3.73. The summed E-state index contributed by atoms with van der Waals surface area (Å²) < 4.78 is 5.46. The maximum absolute atomic E-state index is 12.6. The number of benzene rings is 1. The zero-order chi connectivity index (χ0) is 13.9. The van der Waals surface area contributed by atoms with Crippen LogP contribution in [0.15, 0.2) is 47.1 Å². The summed E-state index contributed by atoms with van der Waals surface area (Å²) in [6.07, 6.45) is 1.59. The Kier molecular flexibility index (Phi) is 3.56. The summed E-state index contributed by atoms with van der Waals surface area (Å²) in [5.74, 6) is 0.433. The molecular formula is C16H18N2O2. The minimum Gasteiger partial charge on any atom is -0.459 e. The van der Waals surface area contributed by atoms with E-state index in [4.69, 9.17) is 4.42 Å². The van der Waals surface area contributed by atoms with Crippen LogP contribution in [0.2, 0.25) is 0 Å². The van der Waals surface area contributed by atoms with Crippen molar-refractivity contribution in [3.63, 3.8) is 0 Å². The molecule has 3 rings (SSSR count). The van der Waals surface area contributed by atoms with Gasteiger partial charge in [0.05, 0.1) is 6.26 Å². The zero-order valence-electron chi connectivity index (χ0n) is 11.6. The number of nitrogens with zero attached hydrogens (tertiary/aromatic N) is 2. The number of carbonyl (C=O) groups excluding carboxylic acids is 1. The second kappa shape index (κ2) is 5.51. The van der Waals surface area contributed by atoms with Gasteiger partial charge in [-0.15, -0.1) is 0 Å². The van der Waals surface area contributed by atoms with Crippen molar-refractivity contribution in [2.45, 2.75) is 0 Å². The molecule has 0 unspecified atom stereocenters. The summed E-state index contributed by atoms with van der Waals surface area (Å²) in [5, 5.41) is 0. The van der Waals surface area contributed by atoms with Gasteiger partial charge in [-0.3, -0.25) is 4.79 Å². The first kappa shape index (κ1) is 12.9. The highest BCUT2D eigenvalue weighted by atomic mass is 16.3. The molecule has 1 aromatic heterocycles. The van der Waals surface area contributed by atoms with E-state index in [2.05, 4.69) is 11.9 Å². The highest BCUT2D eigenvalue weighted by molar-refractivity contribution is 5.98. The molecule has 0 bridgehead atoms. The van der Waals surface area contributed by atoms with Gasteiger partial charge in [0.1, 0.15) is 0 Å². The topological polar surface area (TPSA) is 36.7 Å². The first-order valence-electron chi connectivity index (χ1n) is 6.86. The molecule has 2 heterocycles. The van der Waals surface area contributed by atoms with Crippen molar-refractivity contribution in [3.05, 3.63) is 48.4 Å². The molecule has 0 N–H and O–H groups in total. The average molecular weight is 270 g/mol. The summed E-state index contributed by atoms with van der Waals surface area (Å²) >= 11 is 0. The predicted octanol–water partition coefficient (Wildman–Crippen LogP) is 2.33. The minimum absolute atomic E-state index is 0.0121. The standard InChI is InChI=1S/C16H18N2O2/c1-17-8-10-18(11-9-17)16(19)15-14(7-12-20-15)13-5-3-2-4-6-13/h2-7,12H,8-11H2,1H3. The molecule has 4 heteroatoms. The second-order valence-electron chi connectivity index (χ2n) is 5.12. The molecule has 0 atom stereocenters. The molecule has 1 fully saturated rings. The van der Waals surface area contributed by atoms with Crippen LogP contribution in [0.3, 0.4) is 0 Å². The average Bonchev–Trinajstić information content (AvgIpc) is 2.97. The maximum atomic E-state index is 12.6. The van der Waals surface area contributed by atoms with E-state index in [1.54, 1.807) is 6.26 Å². The van der Waals surface area contributed by atoms with E-state index in [9.17, 15) is 4.79 Å². The Hall–Kier alpha value is -2.07. The number of furan rings is 1. The molecule has 20 heavy (non-hydrogen) atoms. The highest BCUT2D eigenvalue weighted by Gasteiger charge is 2.25. The highest BCUT2D eigenvalue weighted by Crippen LogP contribution is 2.26. The van der Waals surface area contributed by atoms with Crippen LogP contribution in [0.1, 0.15) is 10.6 Å². The maximum Gasteiger partial charge on any atom is 0.290 e. The van der Waals surface area contributed by atoms with Crippen LogP contribution in [-0.2, 0) is 0 Å². The molecule has 0 aliphatic carbocycles. The Morgan fingerprint density at radius 3 is 2.45 bits per heavy atom. The molecule has 1 aliphatic rings. The van der Waals surface area contributed by atoms with Crippen molar-refractivity contribution in [3.8, 4) is 11.1 Å². The lowest BCUT2D eigenvalue weighted by atomic mass is 10.1. The summed E-state index contributed by atoms with van der Waals surface area (Å²) in [6.45, 7) is 3.33. The first-order valence-corrected chi connectivity index (χ1v) is 6.86. The first-order chi connectivity index (χ1) is 9.75. The lowest BCUT2D eigenvalue weighted by Gasteiger charge is -2.32. The van der Waals surface area contributed by atoms with Gasteiger partial charge < -0.3 is 14.2 Å². The fraction of sp³-hybridized carbons (Fsp3) is 0.312. The summed E-state index contributed by atoms with van der Waals surface area (Å²) in [6, 6.07) is 11.7. The number of hydrogen-bond donors (Lipinski definition) is 0. The Balaban J connectivity index is 1.85. The normalized spacial score (nSPS) is 16.4. The Morgan fingerprint density at radius 1 is 1.05 bits per heavy atom. The van der Waals surface area contributed by atoms with Gasteiger partial charge in [0.2, 0.25) is 0 Å². The van der Waals surface area contributed by atoms with Crippen molar-refractivity contribution in [1.29, 1.82) is 0 Å². The van der Waals surface area contributed by atoms with Crippen molar-refractivity contribution in [1.82, 2.24) is 9.80 Å². The molecule has 4 nitrogen and oxygen atoms in total. The van der Waals surface area contributed by atoms with Crippen LogP contribution in [0.25, 0.3) is 11.1 Å². The summed E-state index contributed by atoms with van der Waals surface area (Å²) in [5.41, 5.74) is 1.88. The molecule has 1 aromatic carbocycles. The van der Waals surface area contributed by atoms with Crippen LogP contribution in [0.4, 0.5) is 0 Å². The molecule has 1 aliphatic heterocycles. The number of piperazine rings is 1.